The van der Waals surface area contributed by atoms with Crippen LogP contribution in [0.25, 0.3) is 0 Å². The molecule has 152 valence electrons. The molecule has 1 aromatic heterocycles. The summed E-state index contributed by atoms with van der Waals surface area (Å²) in [4.78, 5) is 12.2. The standard InChI is InChI=1S/C20H18F3N3O2S/c1-2-13-7-9-14(10-8-13)28-12-11-17-25-26-19(29-17)24-18(27)15-5-3-4-6-16(15)20(21,22)23/h3-10H,2,11-12H2,1H3,(H,24,26,27). The minimum Gasteiger partial charge on any atom is -0.493 e. The average molecular weight is 421 g/mol. The van der Waals surface area contributed by atoms with Gasteiger partial charge in [0.05, 0.1) is 17.7 Å². The number of nitrogens with zero attached hydrogens (tertiary/aromatic N) is 2. The Kier molecular flexibility index (Phi) is 6.48. The molecule has 0 saturated carbocycles. The van der Waals surface area contributed by atoms with E-state index in [9.17, 15) is 18.0 Å². The SMILES string of the molecule is CCc1ccc(OCCc2nnc(NC(=O)c3ccccc3C(F)(F)F)s2)cc1. The first-order valence-electron chi connectivity index (χ1n) is 8.88. The van der Waals surface area contributed by atoms with Gasteiger partial charge in [0.25, 0.3) is 5.91 Å². The molecule has 29 heavy (non-hydrogen) atoms. The van der Waals surface area contributed by atoms with Crippen molar-refractivity contribution in [2.75, 3.05) is 11.9 Å². The molecule has 3 aromatic rings. The summed E-state index contributed by atoms with van der Waals surface area (Å²) in [5, 5.41) is 10.9. The molecule has 9 heteroatoms. The third-order valence-electron chi connectivity index (χ3n) is 4.08. The zero-order valence-electron chi connectivity index (χ0n) is 15.5. The van der Waals surface area contributed by atoms with Gasteiger partial charge in [0.15, 0.2) is 0 Å². The molecular formula is C20H18F3N3O2S. The van der Waals surface area contributed by atoms with E-state index < -0.39 is 23.2 Å². The van der Waals surface area contributed by atoms with Crippen molar-refractivity contribution >= 4 is 22.4 Å². The van der Waals surface area contributed by atoms with Crippen LogP contribution >= 0.6 is 11.3 Å². The Hall–Kier alpha value is -2.94. The van der Waals surface area contributed by atoms with Crippen molar-refractivity contribution in [1.82, 2.24) is 10.2 Å². The molecule has 0 aliphatic carbocycles. The summed E-state index contributed by atoms with van der Waals surface area (Å²) in [5.41, 5.74) is -0.241. The summed E-state index contributed by atoms with van der Waals surface area (Å²) in [7, 11) is 0. The van der Waals surface area contributed by atoms with Crippen LogP contribution in [0.1, 0.15) is 33.4 Å². The van der Waals surface area contributed by atoms with E-state index in [1.165, 1.54) is 17.7 Å². The van der Waals surface area contributed by atoms with Crippen molar-refractivity contribution in [3.63, 3.8) is 0 Å². The number of rotatable bonds is 7. The number of amides is 1. The van der Waals surface area contributed by atoms with Crippen LogP contribution in [0.5, 0.6) is 5.75 Å². The van der Waals surface area contributed by atoms with E-state index in [1.54, 1.807) is 0 Å². The van der Waals surface area contributed by atoms with Crippen LogP contribution in [0.3, 0.4) is 0 Å². The molecule has 0 unspecified atom stereocenters. The van der Waals surface area contributed by atoms with Gasteiger partial charge in [-0.15, -0.1) is 10.2 Å². The van der Waals surface area contributed by atoms with Crippen LogP contribution in [0, 0.1) is 0 Å². The van der Waals surface area contributed by atoms with Crippen molar-refractivity contribution < 1.29 is 22.7 Å². The maximum Gasteiger partial charge on any atom is 0.417 e. The maximum atomic E-state index is 13.1. The molecule has 0 radical (unpaired) electrons. The van der Waals surface area contributed by atoms with Crippen molar-refractivity contribution in [2.24, 2.45) is 0 Å². The van der Waals surface area contributed by atoms with Gasteiger partial charge in [-0.2, -0.15) is 13.2 Å². The minimum atomic E-state index is -4.62. The van der Waals surface area contributed by atoms with Crippen molar-refractivity contribution in [3.8, 4) is 5.75 Å². The third-order valence-corrected chi connectivity index (χ3v) is 4.98. The second-order valence-corrected chi connectivity index (χ2v) is 7.16. The molecule has 0 aliphatic heterocycles. The highest BCUT2D eigenvalue weighted by Crippen LogP contribution is 2.32. The fourth-order valence-corrected chi connectivity index (χ4v) is 3.29. The zero-order chi connectivity index (χ0) is 20.9. The fourth-order valence-electron chi connectivity index (χ4n) is 2.58. The van der Waals surface area contributed by atoms with Crippen molar-refractivity contribution in [2.45, 2.75) is 25.9 Å². The average Bonchev–Trinajstić information content (AvgIpc) is 3.15. The number of hydrogen-bond acceptors (Lipinski definition) is 5. The number of hydrogen-bond donors (Lipinski definition) is 1. The molecule has 2 aromatic carbocycles. The third kappa shape index (κ3) is 5.54. The number of carbonyl (C=O) groups is 1. The summed E-state index contributed by atoms with van der Waals surface area (Å²) in [6.45, 7) is 2.44. The highest BCUT2D eigenvalue weighted by molar-refractivity contribution is 7.15. The van der Waals surface area contributed by atoms with Gasteiger partial charge in [-0.1, -0.05) is 42.5 Å². The van der Waals surface area contributed by atoms with Gasteiger partial charge in [0.1, 0.15) is 10.8 Å². The number of alkyl halides is 3. The van der Waals surface area contributed by atoms with Crippen LogP contribution < -0.4 is 10.1 Å². The van der Waals surface area contributed by atoms with Crippen molar-refractivity contribution in [1.29, 1.82) is 0 Å². The number of halogens is 3. The molecule has 1 heterocycles. The topological polar surface area (TPSA) is 64.1 Å². The molecule has 0 bridgehead atoms. The zero-order valence-corrected chi connectivity index (χ0v) is 16.3. The van der Waals surface area contributed by atoms with Gasteiger partial charge in [-0.25, -0.2) is 0 Å². The molecule has 0 saturated heterocycles. The predicted octanol–water partition coefficient (Wildman–Crippen LogP) is 4.99. The smallest absolute Gasteiger partial charge is 0.417 e. The predicted molar refractivity (Wildman–Crippen MR) is 104 cm³/mol. The molecule has 0 spiro atoms. The first kappa shape index (κ1) is 20.8. The van der Waals surface area contributed by atoms with E-state index in [0.29, 0.717) is 18.0 Å². The minimum absolute atomic E-state index is 0.134. The quantitative estimate of drug-likeness (QED) is 0.584. The Bertz CT molecular complexity index is 972. The largest absolute Gasteiger partial charge is 0.493 e. The number of nitrogens with one attached hydrogen (secondary N) is 1. The van der Waals surface area contributed by atoms with Gasteiger partial charge >= 0.3 is 6.18 Å². The van der Waals surface area contributed by atoms with E-state index in [1.807, 2.05) is 24.3 Å². The lowest BCUT2D eigenvalue weighted by Gasteiger charge is -2.11. The Balaban J connectivity index is 1.57. The maximum absolute atomic E-state index is 13.1. The van der Waals surface area contributed by atoms with E-state index in [-0.39, 0.29) is 5.13 Å². The van der Waals surface area contributed by atoms with Crippen LogP contribution in [-0.4, -0.2) is 22.7 Å². The Labute approximate surface area is 169 Å². The molecule has 3 rings (SSSR count). The molecule has 0 atom stereocenters. The fraction of sp³-hybridized carbons (Fsp3) is 0.250. The van der Waals surface area contributed by atoms with Crippen LogP contribution in [0.4, 0.5) is 18.3 Å². The van der Waals surface area contributed by atoms with Crippen LogP contribution in [0.2, 0.25) is 0 Å². The number of carbonyl (C=O) groups excluding carboxylic acids is 1. The molecule has 0 aliphatic rings. The number of ether oxygens (including phenoxy) is 1. The summed E-state index contributed by atoms with van der Waals surface area (Å²) in [6.07, 6.45) is -3.21. The summed E-state index contributed by atoms with van der Waals surface area (Å²) >= 11 is 1.10. The first-order chi connectivity index (χ1) is 13.9. The highest BCUT2D eigenvalue weighted by Gasteiger charge is 2.35. The van der Waals surface area contributed by atoms with Gasteiger partial charge in [-0.3, -0.25) is 10.1 Å². The second-order valence-electron chi connectivity index (χ2n) is 6.09. The normalized spacial score (nSPS) is 11.3. The summed E-state index contributed by atoms with van der Waals surface area (Å²) < 4.78 is 44.8. The number of aromatic nitrogens is 2. The number of benzene rings is 2. The van der Waals surface area contributed by atoms with Gasteiger partial charge in [-0.05, 0) is 36.2 Å². The lowest BCUT2D eigenvalue weighted by molar-refractivity contribution is -0.137. The van der Waals surface area contributed by atoms with Gasteiger partial charge in [0.2, 0.25) is 5.13 Å². The molecule has 0 fully saturated rings. The van der Waals surface area contributed by atoms with Crippen LogP contribution in [-0.2, 0) is 19.0 Å². The lowest BCUT2D eigenvalue weighted by Crippen LogP contribution is -2.18. The van der Waals surface area contributed by atoms with E-state index in [4.69, 9.17) is 4.74 Å². The first-order valence-corrected chi connectivity index (χ1v) is 9.70. The molecular weight excluding hydrogens is 403 g/mol. The molecule has 1 N–H and O–H groups in total. The van der Waals surface area contributed by atoms with E-state index >= 15 is 0 Å². The molecule has 5 nitrogen and oxygen atoms in total. The number of anilines is 1. The Morgan fingerprint density at radius 2 is 1.83 bits per heavy atom. The highest BCUT2D eigenvalue weighted by atomic mass is 32.1. The van der Waals surface area contributed by atoms with Gasteiger partial charge in [0, 0.05) is 6.42 Å². The Morgan fingerprint density at radius 1 is 1.10 bits per heavy atom. The summed E-state index contributed by atoms with van der Waals surface area (Å²) in [6, 6.07) is 12.4. The van der Waals surface area contributed by atoms with E-state index in [0.717, 1.165) is 35.6 Å². The van der Waals surface area contributed by atoms with E-state index in [2.05, 4.69) is 22.4 Å². The van der Waals surface area contributed by atoms with Gasteiger partial charge < -0.3 is 4.74 Å². The number of aryl methyl sites for hydroxylation is 1. The van der Waals surface area contributed by atoms with Crippen LogP contribution in [0.15, 0.2) is 48.5 Å². The lowest BCUT2D eigenvalue weighted by atomic mass is 10.1. The Morgan fingerprint density at radius 3 is 2.52 bits per heavy atom. The monoisotopic (exact) mass is 421 g/mol. The summed E-state index contributed by atoms with van der Waals surface area (Å²) in [5.74, 6) is -0.142. The van der Waals surface area contributed by atoms with Crippen molar-refractivity contribution in [3.05, 3.63) is 70.2 Å². The second kappa shape index (κ2) is 9.04. The molecule has 1 amide bonds.